The fourth-order valence-corrected chi connectivity index (χ4v) is 4.61. The first-order valence-corrected chi connectivity index (χ1v) is 9.44. The summed E-state index contributed by atoms with van der Waals surface area (Å²) in [5, 5.41) is -0.681. The van der Waals surface area contributed by atoms with Gasteiger partial charge in [-0.25, -0.2) is 0 Å². The smallest absolute Gasteiger partial charge is 0.234 e. The van der Waals surface area contributed by atoms with Gasteiger partial charge in [0.05, 0.1) is 10.00 Å². The second-order valence-corrected chi connectivity index (χ2v) is 7.77. The molecule has 0 aliphatic rings. The number of carbonyl (C=O) groups is 1. The fraction of sp³-hybridized carbons (Fsp3) is 0.136. The molecule has 3 aromatic carbocycles. The maximum atomic E-state index is 11.9. The van der Waals surface area contributed by atoms with E-state index in [1.165, 1.54) is 0 Å². The summed E-state index contributed by atoms with van der Waals surface area (Å²) in [6.45, 7) is 1.86. The highest BCUT2D eigenvalue weighted by Gasteiger charge is 2.39. The zero-order valence-corrected chi connectivity index (χ0v) is 15.5. The average Bonchev–Trinajstić information content (AvgIpc) is 2.68. The van der Waals surface area contributed by atoms with Gasteiger partial charge in [-0.15, -0.1) is 11.8 Å². The highest BCUT2D eigenvalue weighted by Crippen LogP contribution is 2.50. The van der Waals surface area contributed by atoms with E-state index >= 15 is 0 Å². The molecule has 0 bridgehead atoms. The molecule has 0 N–H and O–H groups in total. The summed E-state index contributed by atoms with van der Waals surface area (Å²) < 4.78 is -0.506. The molecule has 126 valence electrons. The summed E-state index contributed by atoms with van der Waals surface area (Å²) in [5.41, 5.74) is 3.38. The van der Waals surface area contributed by atoms with Gasteiger partial charge in [0.1, 0.15) is 0 Å². The van der Waals surface area contributed by atoms with Crippen LogP contribution in [0.5, 0.6) is 0 Å². The second-order valence-electron chi connectivity index (χ2n) is 5.84. The van der Waals surface area contributed by atoms with Crippen molar-refractivity contribution in [1.82, 2.24) is 0 Å². The highest BCUT2D eigenvalue weighted by atomic mass is 35.5. The zero-order valence-electron chi connectivity index (χ0n) is 13.9. The van der Waals surface area contributed by atoms with Crippen LogP contribution in [0.25, 0.3) is 0 Å². The molecule has 25 heavy (non-hydrogen) atoms. The van der Waals surface area contributed by atoms with E-state index in [0.29, 0.717) is 0 Å². The lowest BCUT2D eigenvalue weighted by atomic mass is 9.84. The van der Waals surface area contributed by atoms with E-state index in [1.807, 2.05) is 61.5 Å². The predicted octanol–water partition coefficient (Wildman–Crippen LogP) is 5.87. The van der Waals surface area contributed by atoms with Crippen molar-refractivity contribution >= 4 is 28.6 Å². The SMILES string of the molecule is CC(SC(c1ccccc1)(c1ccccc1)c1ccccc1)C(=O)Cl. The molecule has 0 aromatic heterocycles. The minimum atomic E-state index is -0.506. The van der Waals surface area contributed by atoms with Gasteiger partial charge in [-0.1, -0.05) is 91.0 Å². The van der Waals surface area contributed by atoms with E-state index in [-0.39, 0.29) is 10.5 Å². The molecular weight excluding hydrogens is 348 g/mol. The molecule has 1 atom stereocenters. The quantitative estimate of drug-likeness (QED) is 0.401. The van der Waals surface area contributed by atoms with Crippen LogP contribution in [0.3, 0.4) is 0 Å². The summed E-state index contributed by atoms with van der Waals surface area (Å²) in [6, 6.07) is 30.9. The van der Waals surface area contributed by atoms with Crippen molar-refractivity contribution in [3.05, 3.63) is 108 Å². The summed E-state index contributed by atoms with van der Waals surface area (Å²) in [4.78, 5) is 11.9. The monoisotopic (exact) mass is 366 g/mol. The van der Waals surface area contributed by atoms with E-state index < -0.39 is 4.75 Å². The molecule has 0 fully saturated rings. The first kappa shape index (κ1) is 17.8. The predicted molar refractivity (Wildman–Crippen MR) is 107 cm³/mol. The van der Waals surface area contributed by atoms with Crippen molar-refractivity contribution in [3.8, 4) is 0 Å². The summed E-state index contributed by atoms with van der Waals surface area (Å²) in [7, 11) is 0. The Kier molecular flexibility index (Phi) is 5.62. The first-order valence-electron chi connectivity index (χ1n) is 8.18. The van der Waals surface area contributed by atoms with Crippen LogP contribution in [0.15, 0.2) is 91.0 Å². The lowest BCUT2D eigenvalue weighted by molar-refractivity contribution is -0.111. The third kappa shape index (κ3) is 3.65. The Morgan fingerprint density at radius 2 is 1.08 bits per heavy atom. The lowest BCUT2D eigenvalue weighted by Gasteiger charge is -2.36. The van der Waals surface area contributed by atoms with Crippen LogP contribution < -0.4 is 0 Å². The third-order valence-electron chi connectivity index (χ3n) is 4.21. The molecular formula is C22H19ClOS. The normalized spacial score (nSPS) is 12.6. The molecule has 0 saturated carbocycles. The van der Waals surface area contributed by atoms with Crippen molar-refractivity contribution in [1.29, 1.82) is 0 Å². The maximum absolute atomic E-state index is 11.9. The fourth-order valence-electron chi connectivity index (χ4n) is 3.03. The number of thioether (sulfide) groups is 1. The molecule has 1 unspecified atom stereocenters. The number of halogens is 1. The number of hydrogen-bond donors (Lipinski definition) is 0. The Morgan fingerprint density at radius 3 is 1.36 bits per heavy atom. The molecule has 3 heteroatoms. The molecule has 0 heterocycles. The number of carbonyl (C=O) groups excluding carboxylic acids is 1. The van der Waals surface area contributed by atoms with Gasteiger partial charge in [-0.2, -0.15) is 0 Å². The Labute approximate surface area is 158 Å². The van der Waals surface area contributed by atoms with Gasteiger partial charge >= 0.3 is 0 Å². The van der Waals surface area contributed by atoms with Gasteiger partial charge in [0.25, 0.3) is 0 Å². The molecule has 0 aliphatic heterocycles. The second kappa shape index (κ2) is 7.90. The van der Waals surface area contributed by atoms with Crippen LogP contribution in [0.4, 0.5) is 0 Å². The minimum absolute atomic E-state index is 0.336. The molecule has 3 aromatic rings. The third-order valence-corrected chi connectivity index (χ3v) is 6.30. The van der Waals surface area contributed by atoms with Crippen molar-refractivity contribution < 1.29 is 4.79 Å². The van der Waals surface area contributed by atoms with E-state index in [4.69, 9.17) is 11.6 Å². The first-order chi connectivity index (χ1) is 12.1. The zero-order chi connectivity index (χ0) is 17.7. The van der Waals surface area contributed by atoms with Crippen LogP contribution in [-0.2, 0) is 9.54 Å². The summed E-state index contributed by atoms with van der Waals surface area (Å²) in [5.74, 6) is 0. The van der Waals surface area contributed by atoms with Crippen LogP contribution in [-0.4, -0.2) is 10.5 Å². The maximum Gasteiger partial charge on any atom is 0.234 e. The van der Waals surface area contributed by atoms with Crippen molar-refractivity contribution in [2.24, 2.45) is 0 Å². The number of hydrogen-bond acceptors (Lipinski definition) is 2. The van der Waals surface area contributed by atoms with Gasteiger partial charge in [-0.3, -0.25) is 4.79 Å². The highest BCUT2D eigenvalue weighted by molar-refractivity contribution is 8.02. The number of benzene rings is 3. The van der Waals surface area contributed by atoms with Gasteiger partial charge in [0.15, 0.2) is 0 Å². The van der Waals surface area contributed by atoms with Gasteiger partial charge in [0.2, 0.25) is 5.24 Å². The van der Waals surface area contributed by atoms with Crippen molar-refractivity contribution in [2.75, 3.05) is 0 Å². The van der Waals surface area contributed by atoms with E-state index in [1.54, 1.807) is 11.8 Å². The Balaban J connectivity index is 2.29. The van der Waals surface area contributed by atoms with E-state index in [9.17, 15) is 4.79 Å². The summed E-state index contributed by atoms with van der Waals surface area (Å²) >= 11 is 7.41. The molecule has 0 spiro atoms. The van der Waals surface area contributed by atoms with Crippen molar-refractivity contribution in [3.63, 3.8) is 0 Å². The van der Waals surface area contributed by atoms with E-state index in [0.717, 1.165) is 16.7 Å². The van der Waals surface area contributed by atoms with Gasteiger partial charge in [0, 0.05) is 0 Å². The summed E-state index contributed by atoms with van der Waals surface area (Å²) in [6.07, 6.45) is 0. The van der Waals surface area contributed by atoms with Gasteiger partial charge < -0.3 is 0 Å². The molecule has 3 rings (SSSR count). The minimum Gasteiger partial charge on any atom is -0.280 e. The van der Waals surface area contributed by atoms with Crippen molar-refractivity contribution in [2.45, 2.75) is 16.9 Å². The lowest BCUT2D eigenvalue weighted by Crippen LogP contribution is -2.29. The molecule has 0 aliphatic carbocycles. The molecule has 1 nitrogen and oxygen atoms in total. The number of rotatable bonds is 6. The average molecular weight is 367 g/mol. The van der Waals surface area contributed by atoms with Crippen LogP contribution in [0, 0.1) is 0 Å². The molecule has 0 amide bonds. The van der Waals surface area contributed by atoms with Crippen LogP contribution in [0.2, 0.25) is 0 Å². The Hall–Kier alpha value is -2.03. The van der Waals surface area contributed by atoms with Crippen LogP contribution in [0.1, 0.15) is 23.6 Å². The largest absolute Gasteiger partial charge is 0.280 e. The Morgan fingerprint density at radius 1 is 0.760 bits per heavy atom. The van der Waals surface area contributed by atoms with E-state index in [2.05, 4.69) is 36.4 Å². The topological polar surface area (TPSA) is 17.1 Å². The molecule has 0 saturated heterocycles. The van der Waals surface area contributed by atoms with Gasteiger partial charge in [-0.05, 0) is 35.2 Å². The van der Waals surface area contributed by atoms with Crippen LogP contribution >= 0.6 is 23.4 Å². The Bertz CT molecular complexity index is 722. The standard InChI is InChI=1S/C22H19ClOS/c1-17(21(23)24)25-22(18-11-5-2-6-12-18,19-13-7-3-8-14-19)20-15-9-4-10-16-20/h2-17H,1H3. The molecule has 0 radical (unpaired) electrons.